The van der Waals surface area contributed by atoms with Crippen LogP contribution in [0.25, 0.3) is 0 Å². The van der Waals surface area contributed by atoms with Crippen LogP contribution in [0, 0.1) is 5.92 Å². The van der Waals surface area contributed by atoms with E-state index in [2.05, 4.69) is 5.32 Å². The number of nitrogens with zero attached hydrogens (tertiary/aromatic N) is 2. The molecule has 1 aromatic rings. The summed E-state index contributed by atoms with van der Waals surface area (Å²) in [5, 5.41) is 12.0. The van der Waals surface area contributed by atoms with E-state index in [4.69, 9.17) is 0 Å². The third-order valence-corrected chi connectivity index (χ3v) is 3.92. The van der Waals surface area contributed by atoms with Gasteiger partial charge < -0.3 is 19.9 Å². The number of alkyl halides is 3. The zero-order valence-electron chi connectivity index (χ0n) is 12.1. The third kappa shape index (κ3) is 4.40. The Labute approximate surface area is 126 Å². The van der Waals surface area contributed by atoms with Gasteiger partial charge in [0.15, 0.2) is 6.10 Å². The van der Waals surface area contributed by atoms with Crippen molar-refractivity contribution in [1.29, 1.82) is 0 Å². The van der Waals surface area contributed by atoms with Gasteiger partial charge in [0.25, 0.3) is 0 Å². The number of hydrogen-bond donors (Lipinski definition) is 2. The SMILES string of the molecule is O=C(NCCn1cccc1)N1CCC(C(O)C(F)(F)F)CC1. The van der Waals surface area contributed by atoms with Gasteiger partial charge in [0.1, 0.15) is 0 Å². The second kappa shape index (κ2) is 7.04. The number of urea groups is 1. The van der Waals surface area contributed by atoms with Crippen LogP contribution in [0.2, 0.25) is 0 Å². The molecule has 0 saturated carbocycles. The van der Waals surface area contributed by atoms with E-state index in [0.29, 0.717) is 13.1 Å². The molecule has 0 radical (unpaired) electrons. The van der Waals surface area contributed by atoms with E-state index >= 15 is 0 Å². The predicted octanol–water partition coefficient (Wildman–Crippen LogP) is 1.83. The minimum absolute atomic E-state index is 0.158. The number of carbonyl (C=O) groups excluding carboxylic acids is 1. The van der Waals surface area contributed by atoms with Crippen LogP contribution in [0.3, 0.4) is 0 Å². The van der Waals surface area contributed by atoms with Crippen LogP contribution in [0.15, 0.2) is 24.5 Å². The first kappa shape index (κ1) is 16.7. The molecule has 0 bridgehead atoms. The van der Waals surface area contributed by atoms with Crippen LogP contribution >= 0.6 is 0 Å². The van der Waals surface area contributed by atoms with Crippen LogP contribution in [0.1, 0.15) is 12.8 Å². The first-order valence-corrected chi connectivity index (χ1v) is 7.26. The molecule has 1 aromatic heterocycles. The first-order valence-electron chi connectivity index (χ1n) is 7.26. The van der Waals surface area contributed by atoms with E-state index in [0.717, 1.165) is 0 Å². The fraction of sp³-hybridized carbons (Fsp3) is 0.643. The summed E-state index contributed by atoms with van der Waals surface area (Å²) in [7, 11) is 0. The summed E-state index contributed by atoms with van der Waals surface area (Å²) in [5.74, 6) is -0.830. The van der Waals surface area contributed by atoms with Gasteiger partial charge in [0, 0.05) is 38.6 Å². The fourth-order valence-corrected chi connectivity index (χ4v) is 2.61. The molecule has 1 unspecified atom stereocenters. The highest BCUT2D eigenvalue weighted by atomic mass is 19.4. The van der Waals surface area contributed by atoms with Crippen LogP contribution in [-0.2, 0) is 6.54 Å². The van der Waals surface area contributed by atoms with Crippen LogP contribution in [-0.4, -0.2) is 52.5 Å². The van der Waals surface area contributed by atoms with Gasteiger partial charge in [-0.1, -0.05) is 0 Å². The zero-order valence-corrected chi connectivity index (χ0v) is 12.1. The van der Waals surface area contributed by atoms with Gasteiger partial charge in [-0.3, -0.25) is 0 Å². The minimum atomic E-state index is -4.59. The molecule has 2 amide bonds. The summed E-state index contributed by atoms with van der Waals surface area (Å²) < 4.78 is 39.3. The number of aromatic nitrogens is 1. The lowest BCUT2D eigenvalue weighted by atomic mass is 9.91. The highest BCUT2D eigenvalue weighted by Crippen LogP contribution is 2.31. The Bertz CT molecular complexity index is 468. The quantitative estimate of drug-likeness (QED) is 0.889. The Hall–Kier alpha value is -1.70. The molecule has 2 rings (SSSR count). The topological polar surface area (TPSA) is 57.5 Å². The van der Waals surface area contributed by atoms with E-state index in [1.54, 1.807) is 0 Å². The molecule has 1 saturated heterocycles. The monoisotopic (exact) mass is 319 g/mol. The number of likely N-dealkylation sites (tertiary alicyclic amines) is 1. The number of aliphatic hydroxyl groups is 1. The number of rotatable bonds is 4. The van der Waals surface area contributed by atoms with Crippen LogP contribution in [0.5, 0.6) is 0 Å². The molecule has 1 aliphatic rings. The Morgan fingerprint density at radius 1 is 1.27 bits per heavy atom. The average Bonchev–Trinajstić information content (AvgIpc) is 2.99. The van der Waals surface area contributed by atoms with Crippen molar-refractivity contribution in [3.63, 3.8) is 0 Å². The Morgan fingerprint density at radius 3 is 2.41 bits per heavy atom. The maximum atomic E-state index is 12.4. The Balaban J connectivity index is 1.70. The van der Waals surface area contributed by atoms with Gasteiger partial charge in [0.05, 0.1) is 0 Å². The maximum absolute atomic E-state index is 12.4. The predicted molar refractivity (Wildman–Crippen MR) is 74.2 cm³/mol. The zero-order chi connectivity index (χ0) is 16.2. The van der Waals surface area contributed by atoms with Crippen molar-refractivity contribution in [2.24, 2.45) is 5.92 Å². The Morgan fingerprint density at radius 2 is 1.86 bits per heavy atom. The fourth-order valence-electron chi connectivity index (χ4n) is 2.61. The smallest absolute Gasteiger partial charge is 0.383 e. The van der Waals surface area contributed by atoms with Crippen LogP contribution in [0.4, 0.5) is 18.0 Å². The summed E-state index contributed by atoms with van der Waals surface area (Å²) in [6, 6.07) is 3.50. The van der Waals surface area contributed by atoms with E-state index < -0.39 is 18.2 Å². The molecule has 5 nitrogen and oxygen atoms in total. The van der Waals surface area contributed by atoms with Gasteiger partial charge in [-0.05, 0) is 30.9 Å². The highest BCUT2D eigenvalue weighted by Gasteiger charge is 2.44. The standard InChI is InChI=1S/C14H20F3N3O2/c15-14(16,17)12(21)11-3-8-20(9-4-11)13(22)18-5-10-19-6-1-2-7-19/h1-2,6-7,11-12,21H,3-5,8-10H2,(H,18,22). The summed E-state index contributed by atoms with van der Waals surface area (Å²) in [6.07, 6.45) is -2.80. The molecule has 1 fully saturated rings. The number of carbonyl (C=O) groups is 1. The number of aliphatic hydroxyl groups excluding tert-OH is 1. The summed E-state index contributed by atoms with van der Waals surface area (Å²) in [5.41, 5.74) is 0. The highest BCUT2D eigenvalue weighted by molar-refractivity contribution is 5.74. The lowest BCUT2D eigenvalue weighted by Crippen LogP contribution is -2.48. The summed E-state index contributed by atoms with van der Waals surface area (Å²) in [4.78, 5) is 13.4. The molecule has 0 aliphatic carbocycles. The molecule has 22 heavy (non-hydrogen) atoms. The van der Waals surface area contributed by atoms with Gasteiger partial charge in [0.2, 0.25) is 0 Å². The molecule has 8 heteroatoms. The van der Waals surface area contributed by atoms with E-state index in [9.17, 15) is 23.1 Å². The van der Waals surface area contributed by atoms with Crippen molar-refractivity contribution >= 4 is 6.03 Å². The lowest BCUT2D eigenvalue weighted by Gasteiger charge is -2.34. The van der Waals surface area contributed by atoms with Crippen molar-refractivity contribution in [2.75, 3.05) is 19.6 Å². The number of halogens is 3. The minimum Gasteiger partial charge on any atom is -0.383 e. The third-order valence-electron chi connectivity index (χ3n) is 3.92. The van der Waals surface area contributed by atoms with Crippen LogP contribution < -0.4 is 5.32 Å². The lowest BCUT2D eigenvalue weighted by molar-refractivity contribution is -0.222. The maximum Gasteiger partial charge on any atom is 0.414 e. The van der Waals surface area contributed by atoms with E-state index in [1.165, 1.54) is 4.90 Å². The first-order chi connectivity index (χ1) is 10.4. The van der Waals surface area contributed by atoms with Gasteiger partial charge in [-0.15, -0.1) is 0 Å². The molecule has 2 N–H and O–H groups in total. The largest absolute Gasteiger partial charge is 0.414 e. The van der Waals surface area contributed by atoms with Crippen molar-refractivity contribution in [3.8, 4) is 0 Å². The van der Waals surface area contributed by atoms with E-state index in [1.807, 2.05) is 29.1 Å². The van der Waals surface area contributed by atoms with Gasteiger partial charge in [-0.2, -0.15) is 13.2 Å². The van der Waals surface area contributed by atoms with Crippen molar-refractivity contribution < 1.29 is 23.1 Å². The molecule has 124 valence electrons. The van der Waals surface area contributed by atoms with Gasteiger partial charge >= 0.3 is 12.2 Å². The molecular formula is C14H20F3N3O2. The number of hydrogen-bond acceptors (Lipinski definition) is 2. The second-order valence-corrected chi connectivity index (χ2v) is 5.46. The molecule has 0 aromatic carbocycles. The number of piperidine rings is 1. The average molecular weight is 319 g/mol. The molecule has 1 aliphatic heterocycles. The molecule has 0 spiro atoms. The van der Waals surface area contributed by atoms with Crippen molar-refractivity contribution in [1.82, 2.24) is 14.8 Å². The van der Waals surface area contributed by atoms with Crippen molar-refractivity contribution in [3.05, 3.63) is 24.5 Å². The number of nitrogens with one attached hydrogen (secondary N) is 1. The van der Waals surface area contributed by atoms with E-state index in [-0.39, 0.29) is 32.0 Å². The molecular weight excluding hydrogens is 299 g/mol. The normalized spacial score (nSPS) is 18.3. The Kier molecular flexibility index (Phi) is 5.33. The molecule has 1 atom stereocenters. The summed E-state index contributed by atoms with van der Waals surface area (Å²) in [6.45, 7) is 1.56. The number of amides is 2. The van der Waals surface area contributed by atoms with Gasteiger partial charge in [-0.25, -0.2) is 4.79 Å². The second-order valence-electron chi connectivity index (χ2n) is 5.46. The molecule has 2 heterocycles. The summed E-state index contributed by atoms with van der Waals surface area (Å²) >= 11 is 0. The van der Waals surface area contributed by atoms with Crippen molar-refractivity contribution in [2.45, 2.75) is 31.7 Å².